The lowest BCUT2D eigenvalue weighted by Gasteiger charge is -2.14. The molecule has 0 atom stereocenters. The molecule has 1 heterocycles. The van der Waals surface area contributed by atoms with Gasteiger partial charge in [-0.3, -0.25) is 4.68 Å². The first kappa shape index (κ1) is 15.3. The van der Waals surface area contributed by atoms with Gasteiger partial charge in [0, 0.05) is 7.05 Å². The largest absolute Gasteiger partial charge is 0.487 e. The summed E-state index contributed by atoms with van der Waals surface area (Å²) in [5.74, 6) is -0.228. The van der Waals surface area contributed by atoms with E-state index in [9.17, 15) is 13.2 Å². The summed E-state index contributed by atoms with van der Waals surface area (Å²) in [6.07, 6.45) is -2.52. The Bertz CT molecular complexity index is 610. The van der Waals surface area contributed by atoms with E-state index in [0.29, 0.717) is 17.7 Å². The van der Waals surface area contributed by atoms with Crippen molar-refractivity contribution in [3.8, 4) is 5.75 Å². The van der Waals surface area contributed by atoms with Gasteiger partial charge in [0.1, 0.15) is 18.1 Å². The molecule has 114 valence electrons. The summed E-state index contributed by atoms with van der Waals surface area (Å²) in [5, 5.41) is 7.45. The SMILES string of the molecule is Cn1cc(COc2ccc(CCN)cc2C(F)(F)F)nn1. The van der Waals surface area contributed by atoms with Crippen molar-refractivity contribution in [1.29, 1.82) is 0 Å². The van der Waals surface area contributed by atoms with Crippen molar-refractivity contribution in [2.24, 2.45) is 12.8 Å². The average Bonchev–Trinajstić information content (AvgIpc) is 2.82. The molecule has 1 aromatic heterocycles. The molecule has 5 nitrogen and oxygen atoms in total. The van der Waals surface area contributed by atoms with Crippen LogP contribution < -0.4 is 10.5 Å². The van der Waals surface area contributed by atoms with Gasteiger partial charge in [0.25, 0.3) is 0 Å². The van der Waals surface area contributed by atoms with E-state index in [4.69, 9.17) is 10.5 Å². The maximum absolute atomic E-state index is 13.1. The molecule has 0 fully saturated rings. The molecule has 8 heteroatoms. The van der Waals surface area contributed by atoms with Gasteiger partial charge >= 0.3 is 6.18 Å². The first-order valence-electron chi connectivity index (χ1n) is 6.28. The molecular weight excluding hydrogens is 285 g/mol. The van der Waals surface area contributed by atoms with Crippen LogP contribution in [-0.4, -0.2) is 21.5 Å². The highest BCUT2D eigenvalue weighted by molar-refractivity contribution is 5.39. The Morgan fingerprint density at radius 2 is 2.10 bits per heavy atom. The molecule has 0 aliphatic carbocycles. The molecule has 0 amide bonds. The number of ether oxygens (including phenoxy) is 1. The van der Waals surface area contributed by atoms with Crippen LogP contribution in [0.4, 0.5) is 13.2 Å². The van der Waals surface area contributed by atoms with Crippen LogP contribution in [0.15, 0.2) is 24.4 Å². The van der Waals surface area contributed by atoms with Gasteiger partial charge < -0.3 is 10.5 Å². The topological polar surface area (TPSA) is 66.0 Å². The zero-order chi connectivity index (χ0) is 15.5. The van der Waals surface area contributed by atoms with Crippen molar-refractivity contribution < 1.29 is 17.9 Å². The summed E-state index contributed by atoms with van der Waals surface area (Å²) >= 11 is 0. The van der Waals surface area contributed by atoms with Crippen molar-refractivity contribution in [2.45, 2.75) is 19.2 Å². The number of alkyl halides is 3. The smallest absolute Gasteiger partial charge is 0.419 e. The van der Waals surface area contributed by atoms with Crippen molar-refractivity contribution in [1.82, 2.24) is 15.0 Å². The number of hydrogen-bond donors (Lipinski definition) is 1. The van der Waals surface area contributed by atoms with Gasteiger partial charge in [0.2, 0.25) is 0 Å². The highest BCUT2D eigenvalue weighted by atomic mass is 19.4. The van der Waals surface area contributed by atoms with Crippen LogP contribution in [0.1, 0.15) is 16.8 Å². The lowest BCUT2D eigenvalue weighted by Crippen LogP contribution is -2.11. The quantitative estimate of drug-likeness (QED) is 0.916. The maximum atomic E-state index is 13.1. The first-order valence-corrected chi connectivity index (χ1v) is 6.28. The van der Waals surface area contributed by atoms with E-state index in [2.05, 4.69) is 10.3 Å². The minimum atomic E-state index is -4.48. The number of nitrogens with zero attached hydrogens (tertiary/aromatic N) is 3. The Labute approximate surface area is 119 Å². The van der Waals surface area contributed by atoms with Crippen molar-refractivity contribution in [3.63, 3.8) is 0 Å². The van der Waals surface area contributed by atoms with Gasteiger partial charge in [-0.2, -0.15) is 13.2 Å². The molecule has 0 aliphatic rings. The Hall–Kier alpha value is -2.09. The zero-order valence-corrected chi connectivity index (χ0v) is 11.4. The maximum Gasteiger partial charge on any atom is 0.419 e. The Morgan fingerprint density at radius 3 is 2.67 bits per heavy atom. The molecule has 21 heavy (non-hydrogen) atoms. The minimum Gasteiger partial charge on any atom is -0.487 e. The van der Waals surface area contributed by atoms with Crippen LogP contribution >= 0.6 is 0 Å². The number of halogens is 3. The van der Waals surface area contributed by atoms with E-state index < -0.39 is 11.7 Å². The normalized spacial score (nSPS) is 11.7. The van der Waals surface area contributed by atoms with Crippen LogP contribution in [0.5, 0.6) is 5.75 Å². The summed E-state index contributed by atoms with van der Waals surface area (Å²) < 4.78 is 45.8. The van der Waals surface area contributed by atoms with Crippen LogP contribution in [0.2, 0.25) is 0 Å². The fourth-order valence-electron chi connectivity index (χ4n) is 1.86. The number of nitrogens with two attached hydrogens (primary N) is 1. The summed E-state index contributed by atoms with van der Waals surface area (Å²) in [6, 6.07) is 3.96. The molecule has 0 saturated heterocycles. The number of rotatable bonds is 5. The van der Waals surface area contributed by atoms with Crippen molar-refractivity contribution >= 4 is 0 Å². The van der Waals surface area contributed by atoms with Gasteiger partial charge in [0.15, 0.2) is 0 Å². The Balaban J connectivity index is 2.21. The number of benzene rings is 1. The lowest BCUT2D eigenvalue weighted by molar-refractivity contribution is -0.139. The van der Waals surface area contributed by atoms with Crippen molar-refractivity contribution in [3.05, 3.63) is 41.2 Å². The summed E-state index contributed by atoms with van der Waals surface area (Å²) in [7, 11) is 1.67. The summed E-state index contributed by atoms with van der Waals surface area (Å²) in [4.78, 5) is 0. The molecule has 2 N–H and O–H groups in total. The number of aromatic nitrogens is 3. The fourth-order valence-corrected chi connectivity index (χ4v) is 1.86. The van der Waals surface area contributed by atoms with Crippen molar-refractivity contribution in [2.75, 3.05) is 6.54 Å². The highest BCUT2D eigenvalue weighted by Gasteiger charge is 2.34. The standard InChI is InChI=1S/C13H15F3N4O/c1-20-7-10(18-19-20)8-21-12-3-2-9(4-5-17)6-11(12)13(14,15)16/h2-3,6-7H,4-5,8,17H2,1H3. The van der Waals surface area contributed by atoms with Crippen LogP contribution in [-0.2, 0) is 26.3 Å². The molecule has 0 bridgehead atoms. The fraction of sp³-hybridized carbons (Fsp3) is 0.385. The van der Waals surface area contributed by atoms with E-state index in [1.54, 1.807) is 19.3 Å². The van der Waals surface area contributed by atoms with Crippen LogP contribution in [0, 0.1) is 0 Å². The van der Waals surface area contributed by atoms with Gasteiger partial charge in [-0.1, -0.05) is 11.3 Å². The third kappa shape index (κ3) is 3.94. The summed E-state index contributed by atoms with van der Waals surface area (Å²) in [5.41, 5.74) is 5.54. The third-order valence-electron chi connectivity index (χ3n) is 2.81. The second kappa shape index (κ2) is 6.13. The second-order valence-electron chi connectivity index (χ2n) is 4.54. The Kier molecular flexibility index (Phi) is 4.46. The van der Waals surface area contributed by atoms with E-state index >= 15 is 0 Å². The molecule has 0 unspecified atom stereocenters. The third-order valence-corrected chi connectivity index (χ3v) is 2.81. The van der Waals surface area contributed by atoms with Gasteiger partial charge in [-0.05, 0) is 30.7 Å². The lowest BCUT2D eigenvalue weighted by atomic mass is 10.1. The van der Waals surface area contributed by atoms with Gasteiger partial charge in [0.05, 0.1) is 11.8 Å². The van der Waals surface area contributed by atoms with E-state index in [1.165, 1.54) is 10.7 Å². The molecule has 0 saturated carbocycles. The molecule has 0 spiro atoms. The van der Waals surface area contributed by atoms with E-state index in [1.807, 2.05) is 0 Å². The monoisotopic (exact) mass is 300 g/mol. The number of aryl methyl sites for hydroxylation is 1. The molecule has 0 aliphatic heterocycles. The second-order valence-corrected chi connectivity index (χ2v) is 4.54. The molecule has 2 rings (SSSR count). The van der Waals surface area contributed by atoms with Crippen LogP contribution in [0.3, 0.4) is 0 Å². The Morgan fingerprint density at radius 1 is 1.33 bits per heavy atom. The molecule has 0 radical (unpaired) electrons. The number of hydrogen-bond acceptors (Lipinski definition) is 4. The highest BCUT2D eigenvalue weighted by Crippen LogP contribution is 2.37. The van der Waals surface area contributed by atoms with E-state index in [-0.39, 0.29) is 18.9 Å². The predicted octanol–water partition coefficient (Wildman–Crippen LogP) is 1.91. The van der Waals surface area contributed by atoms with Gasteiger partial charge in [-0.15, -0.1) is 5.10 Å². The molecule has 1 aromatic carbocycles. The predicted molar refractivity (Wildman–Crippen MR) is 69.5 cm³/mol. The molecule has 2 aromatic rings. The zero-order valence-electron chi connectivity index (χ0n) is 11.4. The minimum absolute atomic E-state index is 0.0762. The van der Waals surface area contributed by atoms with Crippen LogP contribution in [0.25, 0.3) is 0 Å². The van der Waals surface area contributed by atoms with E-state index in [0.717, 1.165) is 6.07 Å². The average molecular weight is 300 g/mol. The summed E-state index contributed by atoms with van der Waals surface area (Å²) in [6.45, 7) is 0.213. The molecular formula is C13H15F3N4O. The first-order chi connectivity index (χ1) is 9.90. The van der Waals surface area contributed by atoms with Gasteiger partial charge in [-0.25, -0.2) is 0 Å².